The van der Waals surface area contributed by atoms with Crippen LogP contribution < -0.4 is 5.32 Å². The van der Waals surface area contributed by atoms with Crippen molar-refractivity contribution in [2.24, 2.45) is 0 Å². The van der Waals surface area contributed by atoms with Gasteiger partial charge < -0.3 is 10.1 Å². The molecule has 0 bridgehead atoms. The van der Waals surface area contributed by atoms with Crippen molar-refractivity contribution in [2.45, 2.75) is 6.42 Å². The highest BCUT2D eigenvalue weighted by atomic mass is 16.5. The van der Waals surface area contributed by atoms with Crippen molar-refractivity contribution in [1.29, 1.82) is 0 Å². The van der Waals surface area contributed by atoms with Gasteiger partial charge in [0.05, 0.1) is 13.0 Å². The van der Waals surface area contributed by atoms with Crippen LogP contribution in [-0.4, -0.2) is 25.0 Å². The molecule has 0 radical (unpaired) electrons. The van der Waals surface area contributed by atoms with Crippen LogP contribution in [0.3, 0.4) is 0 Å². The summed E-state index contributed by atoms with van der Waals surface area (Å²) in [7, 11) is 0. The topological polar surface area (TPSA) is 55.4 Å². The number of ether oxygens (including phenoxy) is 1. The maximum Gasteiger partial charge on any atom is 0.309 e. The van der Waals surface area contributed by atoms with E-state index in [1.54, 1.807) is 0 Å². The van der Waals surface area contributed by atoms with E-state index in [0.29, 0.717) is 6.54 Å². The molecule has 0 rings (SSSR count). The molecule has 0 aromatic heterocycles. The van der Waals surface area contributed by atoms with Crippen molar-refractivity contribution in [1.82, 2.24) is 5.32 Å². The van der Waals surface area contributed by atoms with Crippen molar-refractivity contribution in [2.75, 3.05) is 13.2 Å². The van der Waals surface area contributed by atoms with Crippen LogP contribution in [0, 0.1) is 0 Å². The van der Waals surface area contributed by atoms with E-state index in [-0.39, 0.29) is 24.9 Å². The summed E-state index contributed by atoms with van der Waals surface area (Å²) in [5.41, 5.74) is 0. The van der Waals surface area contributed by atoms with Crippen molar-refractivity contribution in [3.8, 4) is 0 Å². The van der Waals surface area contributed by atoms with E-state index in [4.69, 9.17) is 4.74 Å². The molecule has 0 saturated carbocycles. The van der Waals surface area contributed by atoms with E-state index in [1.165, 1.54) is 6.08 Å². The second-order valence-electron chi connectivity index (χ2n) is 2.21. The van der Waals surface area contributed by atoms with Gasteiger partial charge >= 0.3 is 5.97 Å². The molecule has 0 spiro atoms. The Morgan fingerprint density at radius 1 is 1.38 bits per heavy atom. The van der Waals surface area contributed by atoms with Gasteiger partial charge in [-0.3, -0.25) is 9.59 Å². The Hall–Kier alpha value is -1.58. The number of amides is 1. The zero-order chi connectivity index (χ0) is 10.1. The molecule has 0 saturated heterocycles. The van der Waals surface area contributed by atoms with Crippen molar-refractivity contribution < 1.29 is 14.3 Å². The molecule has 0 fully saturated rings. The monoisotopic (exact) mass is 183 g/mol. The summed E-state index contributed by atoms with van der Waals surface area (Å²) < 4.78 is 4.72. The second kappa shape index (κ2) is 7.09. The zero-order valence-electron chi connectivity index (χ0n) is 7.41. The fourth-order valence-corrected chi connectivity index (χ4v) is 0.588. The standard InChI is InChI=1S/C9H13NO3/c1-3-5-9(12)13-7-6-10-8(11)4-2/h3-4H,1-2,5-7H2,(H,10,11). The average Bonchev–Trinajstić information content (AvgIpc) is 2.12. The molecular weight excluding hydrogens is 170 g/mol. The summed E-state index contributed by atoms with van der Waals surface area (Å²) in [6.45, 7) is 7.13. The van der Waals surface area contributed by atoms with Gasteiger partial charge in [-0.1, -0.05) is 12.7 Å². The number of nitrogens with one attached hydrogen (secondary N) is 1. The second-order valence-corrected chi connectivity index (χ2v) is 2.21. The Balaban J connectivity index is 3.35. The maximum absolute atomic E-state index is 10.7. The number of carbonyl (C=O) groups excluding carboxylic acids is 2. The highest BCUT2D eigenvalue weighted by molar-refractivity contribution is 5.86. The molecule has 0 aromatic rings. The van der Waals surface area contributed by atoms with Gasteiger partial charge in [0.15, 0.2) is 0 Å². The van der Waals surface area contributed by atoms with Gasteiger partial charge in [-0.2, -0.15) is 0 Å². The molecule has 0 heterocycles. The Kier molecular flexibility index (Phi) is 6.23. The molecule has 0 aliphatic heterocycles. The lowest BCUT2D eigenvalue weighted by molar-refractivity contribution is -0.142. The Morgan fingerprint density at radius 2 is 2.08 bits per heavy atom. The van der Waals surface area contributed by atoms with Gasteiger partial charge in [0.25, 0.3) is 0 Å². The minimum atomic E-state index is -0.345. The predicted octanol–water partition coefficient (Wildman–Crippen LogP) is 0.408. The molecule has 0 aliphatic carbocycles. The highest BCUT2D eigenvalue weighted by Gasteiger charge is 1.98. The van der Waals surface area contributed by atoms with Gasteiger partial charge in [0.1, 0.15) is 6.61 Å². The van der Waals surface area contributed by atoms with E-state index in [9.17, 15) is 9.59 Å². The van der Waals surface area contributed by atoms with E-state index >= 15 is 0 Å². The molecule has 0 atom stereocenters. The van der Waals surface area contributed by atoms with E-state index in [0.717, 1.165) is 6.08 Å². The van der Waals surface area contributed by atoms with Crippen LogP contribution >= 0.6 is 0 Å². The van der Waals surface area contributed by atoms with Crippen LogP contribution in [0.5, 0.6) is 0 Å². The lowest BCUT2D eigenvalue weighted by Gasteiger charge is -2.03. The number of carbonyl (C=O) groups is 2. The minimum absolute atomic E-state index is 0.173. The van der Waals surface area contributed by atoms with Crippen LogP contribution in [0.1, 0.15) is 6.42 Å². The van der Waals surface area contributed by atoms with Crippen LogP contribution in [0.25, 0.3) is 0 Å². The van der Waals surface area contributed by atoms with Crippen molar-refractivity contribution in [3.63, 3.8) is 0 Å². The lowest BCUT2D eigenvalue weighted by atomic mass is 10.4. The first-order chi connectivity index (χ1) is 6.20. The quantitative estimate of drug-likeness (QED) is 0.281. The smallest absolute Gasteiger partial charge is 0.309 e. The Bertz CT molecular complexity index is 211. The summed E-state index contributed by atoms with van der Waals surface area (Å²) in [6.07, 6.45) is 2.81. The van der Waals surface area contributed by atoms with Crippen LogP contribution in [0.15, 0.2) is 25.3 Å². The highest BCUT2D eigenvalue weighted by Crippen LogP contribution is 1.85. The van der Waals surface area contributed by atoms with Gasteiger partial charge in [-0.05, 0) is 6.08 Å². The summed E-state index contributed by atoms with van der Waals surface area (Å²) in [5.74, 6) is -0.623. The third-order valence-corrected chi connectivity index (χ3v) is 1.16. The summed E-state index contributed by atoms with van der Waals surface area (Å²) >= 11 is 0. The fraction of sp³-hybridized carbons (Fsp3) is 0.333. The van der Waals surface area contributed by atoms with Crippen LogP contribution in [-0.2, 0) is 14.3 Å². The fourth-order valence-electron chi connectivity index (χ4n) is 0.588. The first kappa shape index (κ1) is 11.4. The van der Waals surface area contributed by atoms with Gasteiger partial charge in [-0.25, -0.2) is 0 Å². The molecular formula is C9H13NO3. The number of esters is 1. The third kappa shape index (κ3) is 6.80. The van der Waals surface area contributed by atoms with Crippen LogP contribution in [0.4, 0.5) is 0 Å². The molecule has 1 N–H and O–H groups in total. The van der Waals surface area contributed by atoms with Gasteiger partial charge in [0, 0.05) is 0 Å². The molecule has 4 heteroatoms. The molecule has 4 nitrogen and oxygen atoms in total. The summed E-state index contributed by atoms with van der Waals surface area (Å²) in [5, 5.41) is 2.47. The zero-order valence-corrected chi connectivity index (χ0v) is 7.41. The molecule has 0 aliphatic rings. The molecule has 13 heavy (non-hydrogen) atoms. The third-order valence-electron chi connectivity index (χ3n) is 1.16. The van der Waals surface area contributed by atoms with E-state index < -0.39 is 0 Å². The van der Waals surface area contributed by atoms with E-state index in [2.05, 4.69) is 18.5 Å². The first-order valence-electron chi connectivity index (χ1n) is 3.87. The van der Waals surface area contributed by atoms with Crippen molar-refractivity contribution >= 4 is 11.9 Å². The Labute approximate surface area is 77.3 Å². The number of rotatable bonds is 6. The predicted molar refractivity (Wildman–Crippen MR) is 49.0 cm³/mol. The van der Waals surface area contributed by atoms with Gasteiger partial charge in [-0.15, -0.1) is 6.58 Å². The number of hydrogen-bond acceptors (Lipinski definition) is 3. The molecule has 1 amide bonds. The lowest BCUT2D eigenvalue weighted by Crippen LogP contribution is -2.26. The normalized spacial score (nSPS) is 8.62. The largest absolute Gasteiger partial charge is 0.464 e. The molecule has 0 aromatic carbocycles. The SMILES string of the molecule is C=CCC(=O)OCCNC(=O)C=C. The van der Waals surface area contributed by atoms with Crippen LogP contribution in [0.2, 0.25) is 0 Å². The molecule has 72 valence electrons. The first-order valence-corrected chi connectivity index (χ1v) is 3.87. The average molecular weight is 183 g/mol. The number of hydrogen-bond donors (Lipinski definition) is 1. The van der Waals surface area contributed by atoms with Crippen molar-refractivity contribution in [3.05, 3.63) is 25.3 Å². The summed E-state index contributed by atoms with van der Waals surface area (Å²) in [4.78, 5) is 21.3. The minimum Gasteiger partial charge on any atom is -0.464 e. The maximum atomic E-state index is 10.7. The summed E-state index contributed by atoms with van der Waals surface area (Å²) in [6, 6.07) is 0. The van der Waals surface area contributed by atoms with Gasteiger partial charge in [0.2, 0.25) is 5.91 Å². The van der Waals surface area contributed by atoms with E-state index in [1.807, 2.05) is 0 Å². The molecule has 0 unspecified atom stereocenters. The Morgan fingerprint density at radius 3 is 2.62 bits per heavy atom.